The molecule has 94 valence electrons. The fourth-order valence-electron chi connectivity index (χ4n) is 1.97. The van der Waals surface area contributed by atoms with Crippen LogP contribution >= 0.6 is 0 Å². The van der Waals surface area contributed by atoms with Crippen LogP contribution in [0.4, 0.5) is 21.5 Å². The fourth-order valence-corrected chi connectivity index (χ4v) is 1.97. The number of nitrogens with two attached hydrogens (primary N) is 1. The molecule has 1 aromatic heterocycles. The van der Waals surface area contributed by atoms with Gasteiger partial charge in [0.05, 0.1) is 23.1 Å². The Morgan fingerprint density at radius 2 is 1.74 bits per heavy atom. The third-order valence-electron chi connectivity index (χ3n) is 2.92. The number of anilines is 3. The van der Waals surface area contributed by atoms with Crippen LogP contribution in [-0.2, 0) is 0 Å². The summed E-state index contributed by atoms with van der Waals surface area (Å²) < 4.78 is 12.9. The van der Waals surface area contributed by atoms with Crippen molar-refractivity contribution in [2.45, 2.75) is 0 Å². The first-order chi connectivity index (χ1) is 9.24. The Labute approximate surface area is 109 Å². The van der Waals surface area contributed by atoms with E-state index in [0.717, 1.165) is 22.3 Å². The van der Waals surface area contributed by atoms with E-state index in [2.05, 4.69) is 10.3 Å². The van der Waals surface area contributed by atoms with Crippen molar-refractivity contribution in [3.05, 3.63) is 60.5 Å². The number of nitrogen functional groups attached to an aromatic ring is 1. The minimum atomic E-state index is -0.266. The summed E-state index contributed by atoms with van der Waals surface area (Å²) in [5.41, 5.74) is 8.96. The van der Waals surface area contributed by atoms with E-state index in [0.29, 0.717) is 5.69 Å². The number of nitrogens with one attached hydrogen (secondary N) is 1. The molecule has 19 heavy (non-hydrogen) atoms. The maximum absolute atomic E-state index is 12.9. The minimum Gasteiger partial charge on any atom is -0.396 e. The number of pyridine rings is 1. The largest absolute Gasteiger partial charge is 0.396 e. The molecule has 3 rings (SSSR count). The van der Waals surface area contributed by atoms with E-state index >= 15 is 0 Å². The van der Waals surface area contributed by atoms with Crippen molar-refractivity contribution in [1.82, 2.24) is 4.98 Å². The van der Waals surface area contributed by atoms with Crippen LogP contribution in [0.5, 0.6) is 0 Å². The Morgan fingerprint density at radius 3 is 2.53 bits per heavy atom. The van der Waals surface area contributed by atoms with Crippen LogP contribution in [0.25, 0.3) is 10.9 Å². The number of fused-ring (bicyclic) bond motifs is 1. The van der Waals surface area contributed by atoms with Gasteiger partial charge in [0.2, 0.25) is 0 Å². The van der Waals surface area contributed by atoms with E-state index in [1.54, 1.807) is 18.3 Å². The molecule has 1 heterocycles. The van der Waals surface area contributed by atoms with Gasteiger partial charge in [-0.05, 0) is 30.3 Å². The number of hydrogen-bond donors (Lipinski definition) is 2. The topological polar surface area (TPSA) is 50.9 Å². The Kier molecular flexibility index (Phi) is 2.76. The molecule has 3 N–H and O–H groups in total. The summed E-state index contributed by atoms with van der Waals surface area (Å²) in [6.07, 6.45) is 1.62. The smallest absolute Gasteiger partial charge is 0.123 e. The molecule has 0 saturated carbocycles. The van der Waals surface area contributed by atoms with Crippen LogP contribution in [0.1, 0.15) is 0 Å². The van der Waals surface area contributed by atoms with Crippen LogP contribution in [0.15, 0.2) is 54.7 Å². The van der Waals surface area contributed by atoms with E-state index in [9.17, 15) is 4.39 Å². The number of aromatic nitrogens is 1. The maximum Gasteiger partial charge on any atom is 0.123 e. The molecular formula is C15H12FN3. The molecule has 0 aliphatic rings. The van der Waals surface area contributed by atoms with Gasteiger partial charge in [-0.2, -0.15) is 0 Å². The standard InChI is InChI=1S/C15H12FN3/c16-10-5-7-11(8-6-10)19-15-12-3-1-2-4-14(12)18-9-13(15)17/h1-9H,17H2,(H,18,19). The van der Waals surface area contributed by atoms with Crippen LogP contribution in [0.3, 0.4) is 0 Å². The van der Waals surface area contributed by atoms with Gasteiger partial charge in [0.25, 0.3) is 0 Å². The number of rotatable bonds is 2. The van der Waals surface area contributed by atoms with Crippen molar-refractivity contribution in [1.29, 1.82) is 0 Å². The highest BCUT2D eigenvalue weighted by atomic mass is 19.1. The molecule has 0 aliphatic heterocycles. The van der Waals surface area contributed by atoms with Crippen LogP contribution in [0.2, 0.25) is 0 Å². The zero-order valence-corrected chi connectivity index (χ0v) is 10.1. The molecule has 0 amide bonds. The molecule has 0 bridgehead atoms. The first kappa shape index (κ1) is 11.5. The van der Waals surface area contributed by atoms with Gasteiger partial charge < -0.3 is 11.1 Å². The number of nitrogens with zero attached hydrogens (tertiary/aromatic N) is 1. The summed E-state index contributed by atoms with van der Waals surface area (Å²) in [4.78, 5) is 4.27. The summed E-state index contributed by atoms with van der Waals surface area (Å²) in [7, 11) is 0. The Bertz CT molecular complexity index is 723. The second kappa shape index (κ2) is 4.57. The number of halogens is 1. The molecular weight excluding hydrogens is 241 g/mol. The second-order valence-corrected chi connectivity index (χ2v) is 4.24. The van der Waals surface area contributed by atoms with E-state index in [1.807, 2.05) is 24.3 Å². The van der Waals surface area contributed by atoms with E-state index in [4.69, 9.17) is 5.73 Å². The molecule has 0 fully saturated rings. The summed E-state index contributed by atoms with van der Waals surface area (Å²) >= 11 is 0. The maximum atomic E-state index is 12.9. The molecule has 0 radical (unpaired) electrons. The van der Waals surface area contributed by atoms with Crippen molar-refractivity contribution >= 4 is 28.0 Å². The Balaban J connectivity index is 2.09. The Morgan fingerprint density at radius 1 is 1.00 bits per heavy atom. The molecule has 3 nitrogen and oxygen atoms in total. The van der Waals surface area contributed by atoms with Gasteiger partial charge in [0, 0.05) is 11.1 Å². The molecule has 0 atom stereocenters. The summed E-state index contributed by atoms with van der Waals surface area (Å²) in [5.74, 6) is -0.266. The highest BCUT2D eigenvalue weighted by Gasteiger charge is 2.06. The van der Waals surface area contributed by atoms with Crippen molar-refractivity contribution < 1.29 is 4.39 Å². The zero-order chi connectivity index (χ0) is 13.2. The van der Waals surface area contributed by atoms with Gasteiger partial charge in [0.1, 0.15) is 5.82 Å². The summed E-state index contributed by atoms with van der Waals surface area (Å²) in [6.45, 7) is 0. The summed E-state index contributed by atoms with van der Waals surface area (Å²) in [5, 5.41) is 4.15. The SMILES string of the molecule is Nc1cnc2ccccc2c1Nc1ccc(F)cc1. The van der Waals surface area contributed by atoms with Gasteiger partial charge in [-0.1, -0.05) is 18.2 Å². The van der Waals surface area contributed by atoms with Crippen molar-refractivity contribution in [3.63, 3.8) is 0 Å². The molecule has 4 heteroatoms. The van der Waals surface area contributed by atoms with Gasteiger partial charge >= 0.3 is 0 Å². The van der Waals surface area contributed by atoms with E-state index in [1.165, 1.54) is 12.1 Å². The van der Waals surface area contributed by atoms with Gasteiger partial charge in [-0.3, -0.25) is 4.98 Å². The van der Waals surface area contributed by atoms with Gasteiger partial charge in [-0.25, -0.2) is 4.39 Å². The summed E-state index contributed by atoms with van der Waals surface area (Å²) in [6, 6.07) is 13.9. The lowest BCUT2D eigenvalue weighted by Gasteiger charge is -2.12. The zero-order valence-electron chi connectivity index (χ0n) is 10.1. The van der Waals surface area contributed by atoms with Gasteiger partial charge in [-0.15, -0.1) is 0 Å². The molecule has 3 aromatic rings. The predicted octanol–water partition coefficient (Wildman–Crippen LogP) is 3.70. The highest BCUT2D eigenvalue weighted by Crippen LogP contribution is 2.30. The van der Waals surface area contributed by atoms with Crippen LogP contribution in [-0.4, -0.2) is 4.98 Å². The molecule has 0 aliphatic carbocycles. The van der Waals surface area contributed by atoms with Crippen molar-refractivity contribution in [2.24, 2.45) is 0 Å². The number of para-hydroxylation sites is 1. The number of hydrogen-bond acceptors (Lipinski definition) is 3. The Hall–Kier alpha value is -2.62. The first-order valence-corrected chi connectivity index (χ1v) is 5.90. The molecule has 0 unspecified atom stereocenters. The van der Waals surface area contributed by atoms with E-state index < -0.39 is 0 Å². The fraction of sp³-hybridized carbons (Fsp3) is 0. The lowest BCUT2D eigenvalue weighted by Crippen LogP contribution is -1.98. The van der Waals surface area contributed by atoms with Crippen molar-refractivity contribution in [3.8, 4) is 0 Å². The predicted molar refractivity (Wildman–Crippen MR) is 75.8 cm³/mol. The average molecular weight is 253 g/mol. The lowest BCUT2D eigenvalue weighted by molar-refractivity contribution is 0.628. The average Bonchev–Trinajstić information content (AvgIpc) is 2.44. The lowest BCUT2D eigenvalue weighted by atomic mass is 10.1. The second-order valence-electron chi connectivity index (χ2n) is 4.24. The minimum absolute atomic E-state index is 0.266. The van der Waals surface area contributed by atoms with Crippen molar-refractivity contribution in [2.75, 3.05) is 11.1 Å². The quantitative estimate of drug-likeness (QED) is 0.732. The molecule has 0 saturated heterocycles. The first-order valence-electron chi connectivity index (χ1n) is 5.90. The normalized spacial score (nSPS) is 10.6. The number of benzene rings is 2. The van der Waals surface area contributed by atoms with Gasteiger partial charge in [0.15, 0.2) is 0 Å². The van der Waals surface area contributed by atoms with E-state index in [-0.39, 0.29) is 5.82 Å². The third kappa shape index (κ3) is 2.20. The third-order valence-corrected chi connectivity index (χ3v) is 2.92. The highest BCUT2D eigenvalue weighted by molar-refractivity contribution is 5.98. The van der Waals surface area contributed by atoms with Crippen LogP contribution in [0, 0.1) is 5.82 Å². The molecule has 0 spiro atoms. The van der Waals surface area contributed by atoms with Crippen LogP contribution < -0.4 is 11.1 Å². The monoisotopic (exact) mass is 253 g/mol. The molecule has 2 aromatic carbocycles.